The van der Waals surface area contributed by atoms with Crippen LogP contribution in [0.2, 0.25) is 10.0 Å². The summed E-state index contributed by atoms with van der Waals surface area (Å²) in [5.74, 6) is -1.17. The van der Waals surface area contributed by atoms with Gasteiger partial charge in [-0.1, -0.05) is 41.4 Å². The van der Waals surface area contributed by atoms with E-state index in [0.717, 1.165) is 5.69 Å². The Morgan fingerprint density at radius 2 is 1.72 bits per heavy atom. The molecule has 152 valence electrons. The predicted molar refractivity (Wildman–Crippen MR) is 112 cm³/mol. The number of carbonyl (C=O) groups is 3. The lowest BCUT2D eigenvalue weighted by atomic mass is 9.97. The highest BCUT2D eigenvalue weighted by atomic mass is 35.5. The molecule has 6 nitrogen and oxygen atoms in total. The summed E-state index contributed by atoms with van der Waals surface area (Å²) in [7, 11) is 0. The van der Waals surface area contributed by atoms with Crippen LogP contribution in [0, 0.1) is 5.92 Å². The molecule has 1 fully saturated rings. The highest BCUT2D eigenvalue weighted by molar-refractivity contribution is 6.36. The summed E-state index contributed by atoms with van der Waals surface area (Å²) in [6.45, 7) is 0.500. The lowest BCUT2D eigenvalue weighted by Gasteiger charge is -2.30. The molecule has 1 N–H and O–H groups in total. The molecule has 2 amide bonds. The Morgan fingerprint density at radius 3 is 2.38 bits per heavy atom. The Bertz CT molecular complexity index is 897. The topological polar surface area (TPSA) is 75.7 Å². The van der Waals surface area contributed by atoms with Gasteiger partial charge in [0.1, 0.15) is 0 Å². The maximum Gasteiger partial charge on any atom is 0.321 e. The second-order valence-corrected chi connectivity index (χ2v) is 7.56. The SMILES string of the molecule is O=C(COC(=O)C1CCN(C(=O)Nc2ccccc2)CC1)c1ccc(Cl)cc1Cl. The number of urea groups is 1. The number of carbonyl (C=O) groups excluding carboxylic acids is 3. The molecule has 3 rings (SSSR count). The van der Waals surface area contributed by atoms with E-state index >= 15 is 0 Å². The average molecular weight is 435 g/mol. The van der Waals surface area contributed by atoms with Gasteiger partial charge in [-0.05, 0) is 43.2 Å². The van der Waals surface area contributed by atoms with Crippen LogP contribution in [0.25, 0.3) is 0 Å². The minimum atomic E-state index is -0.438. The summed E-state index contributed by atoms with van der Waals surface area (Å²) in [4.78, 5) is 38.5. The van der Waals surface area contributed by atoms with Crippen LogP contribution in [0.5, 0.6) is 0 Å². The van der Waals surface area contributed by atoms with Crippen LogP contribution in [-0.2, 0) is 9.53 Å². The highest BCUT2D eigenvalue weighted by Gasteiger charge is 2.29. The first kappa shape index (κ1) is 21.1. The van der Waals surface area contributed by atoms with E-state index in [1.807, 2.05) is 30.3 Å². The molecular formula is C21H20Cl2N2O4. The molecule has 2 aromatic carbocycles. The first-order valence-electron chi connectivity index (χ1n) is 9.20. The molecular weight excluding hydrogens is 415 g/mol. The number of rotatable bonds is 5. The number of hydrogen-bond acceptors (Lipinski definition) is 4. The van der Waals surface area contributed by atoms with E-state index in [9.17, 15) is 14.4 Å². The van der Waals surface area contributed by atoms with E-state index in [-0.39, 0.29) is 34.9 Å². The van der Waals surface area contributed by atoms with E-state index in [4.69, 9.17) is 27.9 Å². The van der Waals surface area contributed by atoms with Crippen molar-refractivity contribution >= 4 is 46.7 Å². The van der Waals surface area contributed by atoms with Crippen molar-refractivity contribution in [3.8, 4) is 0 Å². The number of Topliss-reactive ketones (excluding diaryl/α,β-unsaturated/α-hetero) is 1. The van der Waals surface area contributed by atoms with E-state index in [1.165, 1.54) is 12.1 Å². The molecule has 1 saturated heterocycles. The molecule has 0 aliphatic carbocycles. The number of hydrogen-bond donors (Lipinski definition) is 1. The number of anilines is 1. The number of piperidine rings is 1. The zero-order chi connectivity index (χ0) is 20.8. The van der Waals surface area contributed by atoms with Gasteiger partial charge in [-0.2, -0.15) is 0 Å². The Labute approximate surface area is 178 Å². The number of esters is 1. The molecule has 0 radical (unpaired) electrons. The van der Waals surface area contributed by atoms with Crippen molar-refractivity contribution in [2.75, 3.05) is 25.0 Å². The van der Waals surface area contributed by atoms with Crippen LogP contribution in [0.15, 0.2) is 48.5 Å². The van der Waals surface area contributed by atoms with Gasteiger partial charge in [-0.15, -0.1) is 0 Å². The number of nitrogens with zero attached hydrogens (tertiary/aromatic N) is 1. The largest absolute Gasteiger partial charge is 0.457 e. The predicted octanol–water partition coefficient (Wildman–Crippen LogP) is 4.66. The van der Waals surface area contributed by atoms with Gasteiger partial charge in [0.05, 0.1) is 10.9 Å². The maximum atomic E-state index is 12.3. The Hall–Kier alpha value is -2.57. The third-order valence-corrected chi connectivity index (χ3v) is 5.27. The summed E-state index contributed by atoms with van der Waals surface area (Å²) in [5.41, 5.74) is 0.981. The van der Waals surface area contributed by atoms with Crippen molar-refractivity contribution in [2.24, 2.45) is 5.92 Å². The molecule has 0 aromatic heterocycles. The van der Waals surface area contributed by atoms with Crippen molar-refractivity contribution in [3.05, 3.63) is 64.1 Å². The summed E-state index contributed by atoms with van der Waals surface area (Å²) in [6, 6.07) is 13.5. The fraction of sp³-hybridized carbons (Fsp3) is 0.286. The summed E-state index contributed by atoms with van der Waals surface area (Å²) in [5, 5.41) is 3.47. The molecule has 0 spiro atoms. The van der Waals surface area contributed by atoms with Gasteiger partial charge in [0, 0.05) is 29.4 Å². The van der Waals surface area contributed by atoms with Crippen molar-refractivity contribution in [1.29, 1.82) is 0 Å². The Morgan fingerprint density at radius 1 is 1.03 bits per heavy atom. The minimum absolute atomic E-state index is 0.199. The molecule has 0 saturated carbocycles. The summed E-state index contributed by atoms with van der Waals surface area (Å²) >= 11 is 11.8. The Balaban J connectivity index is 1.45. The first-order chi connectivity index (χ1) is 13.9. The highest BCUT2D eigenvalue weighted by Crippen LogP contribution is 2.23. The molecule has 1 aliphatic rings. The third-order valence-electron chi connectivity index (χ3n) is 4.72. The molecule has 29 heavy (non-hydrogen) atoms. The average Bonchev–Trinajstić information content (AvgIpc) is 2.72. The number of likely N-dealkylation sites (tertiary alicyclic amines) is 1. The van der Waals surface area contributed by atoms with Crippen LogP contribution >= 0.6 is 23.2 Å². The number of para-hydroxylation sites is 1. The normalized spacial score (nSPS) is 14.3. The van der Waals surface area contributed by atoms with E-state index < -0.39 is 5.97 Å². The summed E-state index contributed by atoms with van der Waals surface area (Å²) in [6.07, 6.45) is 0.966. The fourth-order valence-corrected chi connectivity index (χ4v) is 3.60. The Kier molecular flexibility index (Phi) is 7.12. The van der Waals surface area contributed by atoms with Gasteiger partial charge in [-0.3, -0.25) is 9.59 Å². The van der Waals surface area contributed by atoms with Gasteiger partial charge < -0.3 is 15.0 Å². The van der Waals surface area contributed by atoms with Gasteiger partial charge in [0.25, 0.3) is 0 Å². The molecule has 0 atom stereocenters. The molecule has 2 aromatic rings. The van der Waals surface area contributed by atoms with E-state index in [2.05, 4.69) is 5.32 Å². The molecule has 1 heterocycles. The first-order valence-corrected chi connectivity index (χ1v) is 9.95. The molecule has 8 heteroatoms. The second-order valence-electron chi connectivity index (χ2n) is 6.71. The van der Waals surface area contributed by atoms with Crippen molar-refractivity contribution in [1.82, 2.24) is 4.90 Å². The van der Waals surface area contributed by atoms with Crippen molar-refractivity contribution in [2.45, 2.75) is 12.8 Å². The number of halogens is 2. The monoisotopic (exact) mass is 434 g/mol. The number of ketones is 1. The third kappa shape index (κ3) is 5.71. The van der Waals surface area contributed by atoms with Gasteiger partial charge in [0.15, 0.2) is 6.61 Å². The van der Waals surface area contributed by atoms with E-state index in [0.29, 0.717) is 31.0 Å². The lowest BCUT2D eigenvalue weighted by molar-refractivity contribution is -0.148. The van der Waals surface area contributed by atoms with Gasteiger partial charge in [0.2, 0.25) is 5.78 Å². The van der Waals surface area contributed by atoms with Crippen molar-refractivity contribution < 1.29 is 19.1 Å². The zero-order valence-electron chi connectivity index (χ0n) is 15.6. The maximum absolute atomic E-state index is 12.3. The van der Waals surface area contributed by atoms with Crippen LogP contribution in [0.1, 0.15) is 23.2 Å². The zero-order valence-corrected chi connectivity index (χ0v) is 17.1. The number of nitrogens with one attached hydrogen (secondary N) is 1. The molecule has 1 aliphatic heterocycles. The number of amides is 2. The van der Waals surface area contributed by atoms with Crippen molar-refractivity contribution in [3.63, 3.8) is 0 Å². The van der Waals surface area contributed by atoms with Gasteiger partial charge >= 0.3 is 12.0 Å². The molecule has 0 bridgehead atoms. The van der Waals surface area contributed by atoms with Crippen LogP contribution in [-0.4, -0.2) is 42.4 Å². The number of benzene rings is 2. The second kappa shape index (κ2) is 9.76. The van der Waals surface area contributed by atoms with Crippen LogP contribution < -0.4 is 5.32 Å². The van der Waals surface area contributed by atoms with E-state index in [1.54, 1.807) is 11.0 Å². The molecule has 0 unspecified atom stereocenters. The van der Waals surface area contributed by atoms with Gasteiger partial charge in [-0.25, -0.2) is 4.79 Å². The van der Waals surface area contributed by atoms with Crippen LogP contribution in [0.4, 0.5) is 10.5 Å². The van der Waals surface area contributed by atoms with Crippen LogP contribution in [0.3, 0.4) is 0 Å². The quantitative estimate of drug-likeness (QED) is 0.548. The minimum Gasteiger partial charge on any atom is -0.457 e. The standard InChI is InChI=1S/C21H20Cl2N2O4/c22-15-6-7-17(18(23)12-15)19(26)13-29-20(27)14-8-10-25(11-9-14)21(28)24-16-4-2-1-3-5-16/h1-7,12,14H,8-11,13H2,(H,24,28). The lowest BCUT2D eigenvalue weighted by Crippen LogP contribution is -2.42. The fourth-order valence-electron chi connectivity index (χ4n) is 3.09. The number of ether oxygens (including phenoxy) is 1. The smallest absolute Gasteiger partial charge is 0.321 e. The summed E-state index contributed by atoms with van der Waals surface area (Å²) < 4.78 is 5.18.